The maximum Gasteiger partial charge on any atom is 0.164 e. The van der Waals surface area contributed by atoms with E-state index in [1.54, 1.807) is 0 Å². The van der Waals surface area contributed by atoms with Gasteiger partial charge >= 0.3 is 0 Å². The summed E-state index contributed by atoms with van der Waals surface area (Å²) in [7, 11) is 0. The van der Waals surface area contributed by atoms with E-state index in [4.69, 9.17) is 10.1 Å². The van der Waals surface area contributed by atoms with Crippen LogP contribution in [0.5, 0.6) is 0 Å². The summed E-state index contributed by atoms with van der Waals surface area (Å²) < 4.78 is 1.95. The van der Waals surface area contributed by atoms with Gasteiger partial charge in [0.05, 0.1) is 29.8 Å². The van der Waals surface area contributed by atoms with Gasteiger partial charge in [0.1, 0.15) is 5.69 Å². The number of aliphatic hydroxyl groups is 2. The first-order valence-electron chi connectivity index (χ1n) is 13.2. The minimum Gasteiger partial charge on any atom is -0.395 e. The highest BCUT2D eigenvalue weighted by Gasteiger charge is 2.22. The van der Waals surface area contributed by atoms with Crippen LogP contribution in [0.25, 0.3) is 50.0 Å². The van der Waals surface area contributed by atoms with Crippen molar-refractivity contribution in [2.24, 2.45) is 0 Å². The van der Waals surface area contributed by atoms with E-state index in [2.05, 4.69) is 71.6 Å². The molecule has 4 aromatic carbocycles. The molecule has 0 atom stereocenters. The Bertz CT molecular complexity index is 1690. The second kappa shape index (κ2) is 11.2. The van der Waals surface area contributed by atoms with E-state index < -0.39 is 0 Å². The molecule has 6 heteroatoms. The highest BCUT2D eigenvalue weighted by Crippen LogP contribution is 2.41. The number of pyridine rings is 1. The summed E-state index contributed by atoms with van der Waals surface area (Å²) in [6.07, 6.45) is 0. The van der Waals surface area contributed by atoms with Crippen LogP contribution in [0.3, 0.4) is 0 Å². The largest absolute Gasteiger partial charge is 0.395 e. The Hall–Kier alpha value is -4.36. The molecular weight excluding hydrogens is 484 g/mol. The van der Waals surface area contributed by atoms with Crippen LogP contribution in [0.15, 0.2) is 109 Å². The van der Waals surface area contributed by atoms with Crippen molar-refractivity contribution in [3.63, 3.8) is 0 Å². The van der Waals surface area contributed by atoms with Crippen molar-refractivity contribution < 1.29 is 10.2 Å². The fourth-order valence-corrected chi connectivity index (χ4v) is 5.23. The van der Waals surface area contributed by atoms with Gasteiger partial charge in [0.2, 0.25) is 0 Å². The molecule has 2 aromatic heterocycles. The van der Waals surface area contributed by atoms with Crippen LogP contribution in [0.2, 0.25) is 0 Å². The van der Waals surface area contributed by atoms with Crippen molar-refractivity contribution in [3.05, 3.63) is 115 Å². The molecule has 0 amide bonds. The summed E-state index contributed by atoms with van der Waals surface area (Å²) in [6, 6.07) is 37.2. The molecule has 6 aromatic rings. The van der Waals surface area contributed by atoms with Gasteiger partial charge in [0.25, 0.3) is 0 Å². The van der Waals surface area contributed by atoms with E-state index in [1.807, 2.05) is 47.1 Å². The van der Waals surface area contributed by atoms with E-state index >= 15 is 0 Å². The summed E-state index contributed by atoms with van der Waals surface area (Å²) in [5.74, 6) is 0. The molecule has 2 heterocycles. The maximum atomic E-state index is 9.52. The Kier molecular flexibility index (Phi) is 7.15. The zero-order valence-corrected chi connectivity index (χ0v) is 21.6. The molecule has 6 rings (SSSR count). The number of fused-ring (bicyclic) bond motifs is 2. The molecule has 39 heavy (non-hydrogen) atoms. The monoisotopic (exact) mass is 514 g/mol. The van der Waals surface area contributed by atoms with Crippen molar-refractivity contribution in [1.82, 2.24) is 19.7 Å². The molecule has 6 nitrogen and oxygen atoms in total. The Morgan fingerprint density at radius 2 is 1.31 bits per heavy atom. The van der Waals surface area contributed by atoms with Crippen molar-refractivity contribution in [1.29, 1.82) is 0 Å². The van der Waals surface area contributed by atoms with Gasteiger partial charge in [-0.15, -0.1) is 0 Å². The van der Waals surface area contributed by atoms with Crippen LogP contribution in [0.1, 0.15) is 5.56 Å². The third-order valence-electron chi connectivity index (χ3n) is 7.02. The fourth-order valence-electron chi connectivity index (χ4n) is 5.23. The molecule has 0 aliphatic rings. The van der Waals surface area contributed by atoms with Crippen molar-refractivity contribution in [2.45, 2.75) is 6.54 Å². The van der Waals surface area contributed by atoms with Crippen molar-refractivity contribution in [3.8, 4) is 28.1 Å². The number of hydrogen-bond acceptors (Lipinski definition) is 5. The van der Waals surface area contributed by atoms with Gasteiger partial charge in [-0.3, -0.25) is 4.90 Å². The molecular formula is C33H30N4O2. The molecule has 194 valence electrons. The SMILES string of the molecule is OCCN(CCO)Cc1ccc2nc3c(c(-c4ccccc4)nn3-c3ccccc3)c(-c3ccccc3)c2c1. The summed E-state index contributed by atoms with van der Waals surface area (Å²) in [5, 5.41) is 26.2. The van der Waals surface area contributed by atoms with E-state index in [-0.39, 0.29) is 13.2 Å². The minimum absolute atomic E-state index is 0.0458. The number of aromatic nitrogens is 3. The third kappa shape index (κ3) is 4.93. The van der Waals surface area contributed by atoms with Crippen LogP contribution >= 0.6 is 0 Å². The zero-order valence-electron chi connectivity index (χ0n) is 21.6. The van der Waals surface area contributed by atoms with Crippen LogP contribution < -0.4 is 0 Å². The van der Waals surface area contributed by atoms with Gasteiger partial charge in [-0.05, 0) is 35.4 Å². The van der Waals surface area contributed by atoms with Gasteiger partial charge in [-0.25, -0.2) is 9.67 Å². The van der Waals surface area contributed by atoms with Gasteiger partial charge in [-0.2, -0.15) is 5.10 Å². The van der Waals surface area contributed by atoms with Crippen LogP contribution in [-0.2, 0) is 6.54 Å². The molecule has 0 fully saturated rings. The predicted molar refractivity (Wildman–Crippen MR) is 157 cm³/mol. The molecule has 0 aliphatic heterocycles. The lowest BCUT2D eigenvalue weighted by molar-refractivity contribution is 0.156. The zero-order chi connectivity index (χ0) is 26.6. The van der Waals surface area contributed by atoms with Gasteiger partial charge in [0.15, 0.2) is 5.65 Å². The summed E-state index contributed by atoms with van der Waals surface area (Å²) >= 11 is 0. The first-order valence-corrected chi connectivity index (χ1v) is 13.2. The van der Waals surface area contributed by atoms with Crippen LogP contribution in [0, 0.1) is 0 Å². The Morgan fingerprint density at radius 3 is 1.95 bits per heavy atom. The summed E-state index contributed by atoms with van der Waals surface area (Å²) in [5.41, 5.74) is 7.85. The van der Waals surface area contributed by atoms with E-state index in [0.29, 0.717) is 19.6 Å². The Labute approximate surface area is 227 Å². The minimum atomic E-state index is 0.0458. The smallest absolute Gasteiger partial charge is 0.164 e. The van der Waals surface area contributed by atoms with Gasteiger partial charge in [0, 0.05) is 36.1 Å². The highest BCUT2D eigenvalue weighted by atomic mass is 16.3. The maximum absolute atomic E-state index is 9.52. The van der Waals surface area contributed by atoms with E-state index in [9.17, 15) is 10.2 Å². The average Bonchev–Trinajstić information content (AvgIpc) is 3.36. The topological polar surface area (TPSA) is 74.4 Å². The molecule has 0 radical (unpaired) electrons. The first-order chi connectivity index (χ1) is 19.3. The highest BCUT2D eigenvalue weighted by molar-refractivity contribution is 6.13. The molecule has 0 bridgehead atoms. The number of benzene rings is 4. The Balaban J connectivity index is 1.67. The number of para-hydroxylation sites is 1. The fraction of sp³-hybridized carbons (Fsp3) is 0.152. The number of hydrogen-bond donors (Lipinski definition) is 2. The number of aliphatic hydroxyl groups excluding tert-OH is 2. The van der Waals surface area contributed by atoms with E-state index in [0.717, 1.165) is 55.6 Å². The predicted octanol–water partition coefficient (Wildman–Crippen LogP) is 5.69. The summed E-state index contributed by atoms with van der Waals surface area (Å²) in [4.78, 5) is 7.24. The lowest BCUT2D eigenvalue weighted by Gasteiger charge is -2.20. The Morgan fingerprint density at radius 1 is 0.692 bits per heavy atom. The standard InChI is InChI=1S/C33H30N4O2/c38-20-18-36(19-21-39)23-24-16-17-29-28(22-24)30(25-10-4-1-5-11-25)31-32(26-12-6-2-7-13-26)35-37(33(31)34-29)27-14-8-3-9-15-27/h1-17,22,38-39H,18-21,23H2. The third-order valence-corrected chi connectivity index (χ3v) is 7.02. The molecule has 0 unspecified atom stereocenters. The second-order valence-electron chi connectivity index (χ2n) is 9.59. The normalized spacial score (nSPS) is 11.6. The average molecular weight is 515 g/mol. The lowest BCUT2D eigenvalue weighted by atomic mass is 9.94. The summed E-state index contributed by atoms with van der Waals surface area (Å²) in [6.45, 7) is 1.72. The van der Waals surface area contributed by atoms with E-state index in [1.165, 1.54) is 0 Å². The van der Waals surface area contributed by atoms with Crippen molar-refractivity contribution >= 4 is 21.9 Å². The molecule has 2 N–H and O–H groups in total. The quantitative estimate of drug-likeness (QED) is 0.259. The van der Waals surface area contributed by atoms with Crippen molar-refractivity contribution in [2.75, 3.05) is 26.3 Å². The molecule has 0 saturated carbocycles. The van der Waals surface area contributed by atoms with Gasteiger partial charge in [-0.1, -0.05) is 84.9 Å². The van der Waals surface area contributed by atoms with Crippen LogP contribution in [-0.4, -0.2) is 56.2 Å². The first kappa shape index (κ1) is 24.9. The number of rotatable bonds is 9. The molecule has 0 saturated heterocycles. The van der Waals surface area contributed by atoms with Crippen LogP contribution in [0.4, 0.5) is 0 Å². The number of nitrogens with zero attached hydrogens (tertiary/aromatic N) is 4. The lowest BCUT2D eigenvalue weighted by Crippen LogP contribution is -2.29. The van der Waals surface area contributed by atoms with Gasteiger partial charge < -0.3 is 10.2 Å². The molecule has 0 aliphatic carbocycles. The second-order valence-corrected chi connectivity index (χ2v) is 9.59. The molecule has 0 spiro atoms.